The van der Waals surface area contributed by atoms with E-state index in [1.807, 2.05) is 18.4 Å². The number of ketones is 1. The molecule has 0 aliphatic heterocycles. The van der Waals surface area contributed by atoms with Crippen LogP contribution in [0, 0.1) is 13.8 Å². The molecule has 0 aliphatic rings. The molecule has 30 heavy (non-hydrogen) atoms. The van der Waals surface area contributed by atoms with Gasteiger partial charge in [0.25, 0.3) is 0 Å². The van der Waals surface area contributed by atoms with Crippen molar-refractivity contribution in [1.82, 2.24) is 4.57 Å². The number of alkyl halides is 2. The maximum atomic E-state index is 13.0. The largest absolute Gasteiger partial charge is 0.481 e. The molecule has 0 bridgehead atoms. The van der Waals surface area contributed by atoms with Crippen LogP contribution in [-0.2, 0) is 0 Å². The van der Waals surface area contributed by atoms with Crippen molar-refractivity contribution in [1.29, 1.82) is 0 Å². The molecule has 0 unspecified atom stereocenters. The van der Waals surface area contributed by atoms with Gasteiger partial charge in [-0.15, -0.1) is 0 Å². The number of carbonyl (C=O) groups excluding carboxylic acids is 1. The zero-order valence-electron chi connectivity index (χ0n) is 16.5. The quantitative estimate of drug-likeness (QED) is 0.375. The number of benzene rings is 2. The maximum absolute atomic E-state index is 13.0. The Hall–Kier alpha value is -2.57. The number of ether oxygens (including phenoxy) is 2. The normalized spacial score (nSPS) is 12.1. The predicted octanol–water partition coefficient (Wildman–Crippen LogP) is 6.65. The lowest BCUT2D eigenvalue weighted by Crippen LogP contribution is -2.24. The van der Waals surface area contributed by atoms with Crippen LogP contribution >= 0.6 is 23.2 Å². The number of nitrogens with zero attached hydrogens (tertiary/aromatic N) is 1. The van der Waals surface area contributed by atoms with Gasteiger partial charge < -0.3 is 14.0 Å². The molecule has 0 radical (unpaired) electrons. The zero-order chi connectivity index (χ0) is 22.0. The molecule has 0 saturated carbocycles. The summed E-state index contributed by atoms with van der Waals surface area (Å²) < 4.78 is 36.7. The average Bonchev–Trinajstić information content (AvgIpc) is 2.98. The monoisotopic (exact) mass is 453 g/mol. The van der Waals surface area contributed by atoms with Crippen molar-refractivity contribution in [2.45, 2.75) is 33.5 Å². The third-order valence-electron chi connectivity index (χ3n) is 4.58. The van der Waals surface area contributed by atoms with Crippen molar-refractivity contribution >= 4 is 29.0 Å². The minimum atomic E-state index is -2.88. The molecular weight excluding hydrogens is 435 g/mol. The summed E-state index contributed by atoms with van der Waals surface area (Å²) in [5.41, 5.74) is 2.72. The molecular formula is C22H19Cl2F2NO3. The van der Waals surface area contributed by atoms with Gasteiger partial charge >= 0.3 is 6.61 Å². The lowest BCUT2D eigenvalue weighted by Gasteiger charge is -2.15. The molecule has 1 atom stereocenters. The molecule has 1 aromatic heterocycles. The fourth-order valence-corrected chi connectivity index (χ4v) is 3.54. The van der Waals surface area contributed by atoms with Crippen LogP contribution in [0.3, 0.4) is 0 Å². The number of Topliss-reactive ketones (excluding diaryl/α,β-unsaturated/α-hetero) is 1. The molecule has 3 rings (SSSR count). The van der Waals surface area contributed by atoms with Gasteiger partial charge in [-0.3, -0.25) is 4.79 Å². The third kappa shape index (κ3) is 4.77. The Morgan fingerprint density at radius 1 is 1.00 bits per heavy atom. The van der Waals surface area contributed by atoms with E-state index >= 15 is 0 Å². The Kier molecular flexibility index (Phi) is 6.68. The Morgan fingerprint density at radius 3 is 2.30 bits per heavy atom. The van der Waals surface area contributed by atoms with Crippen LogP contribution in [-0.4, -0.2) is 23.1 Å². The molecule has 158 valence electrons. The molecule has 0 amide bonds. The van der Waals surface area contributed by atoms with Crippen molar-refractivity contribution in [3.8, 4) is 17.2 Å². The summed E-state index contributed by atoms with van der Waals surface area (Å²) in [6.45, 7) is 2.42. The molecule has 0 spiro atoms. The molecule has 0 saturated heterocycles. The second kappa shape index (κ2) is 9.06. The van der Waals surface area contributed by atoms with E-state index in [4.69, 9.17) is 27.9 Å². The zero-order valence-corrected chi connectivity index (χ0v) is 18.0. The number of halogens is 4. The average molecular weight is 454 g/mol. The van der Waals surface area contributed by atoms with Gasteiger partial charge in [0, 0.05) is 33.7 Å². The van der Waals surface area contributed by atoms with E-state index in [9.17, 15) is 13.6 Å². The van der Waals surface area contributed by atoms with Gasteiger partial charge in [-0.05, 0) is 63.2 Å². The Bertz CT molecular complexity index is 1060. The predicted molar refractivity (Wildman–Crippen MR) is 113 cm³/mol. The van der Waals surface area contributed by atoms with Gasteiger partial charge in [0.1, 0.15) is 11.5 Å². The lowest BCUT2D eigenvalue weighted by molar-refractivity contribution is -0.0498. The summed E-state index contributed by atoms with van der Waals surface area (Å²) in [4.78, 5) is 13.0. The molecule has 0 aliphatic carbocycles. The topological polar surface area (TPSA) is 40.5 Å². The SMILES string of the molecule is Cc1cc(C(=O)[C@@H](C)Oc2cc(Cl)ccc2Cl)c(C)n1-c1ccc(OC(F)F)cc1. The highest BCUT2D eigenvalue weighted by Crippen LogP contribution is 2.30. The highest BCUT2D eigenvalue weighted by molar-refractivity contribution is 6.34. The van der Waals surface area contributed by atoms with E-state index in [2.05, 4.69) is 4.74 Å². The Morgan fingerprint density at radius 2 is 1.67 bits per heavy atom. The fourth-order valence-electron chi connectivity index (χ4n) is 3.22. The Balaban J connectivity index is 1.85. The van der Waals surface area contributed by atoms with Crippen LogP contribution in [0.2, 0.25) is 10.0 Å². The standard InChI is InChI=1S/C22H19Cl2F2NO3/c1-12-10-18(21(28)14(3)29-20-11-15(23)4-9-19(20)24)13(2)27(12)16-5-7-17(8-6-16)30-22(25)26/h4-11,14,22H,1-3H3/t14-/m1/s1. The summed E-state index contributed by atoms with van der Waals surface area (Å²) >= 11 is 12.1. The van der Waals surface area contributed by atoms with Crippen molar-refractivity contribution in [3.63, 3.8) is 0 Å². The summed E-state index contributed by atoms with van der Waals surface area (Å²) in [6.07, 6.45) is -0.795. The van der Waals surface area contributed by atoms with Crippen LogP contribution in [0.1, 0.15) is 28.7 Å². The first-order valence-corrected chi connectivity index (χ1v) is 9.83. The first-order valence-electron chi connectivity index (χ1n) is 9.07. The van der Waals surface area contributed by atoms with Gasteiger partial charge in [-0.25, -0.2) is 0 Å². The van der Waals surface area contributed by atoms with Crippen LogP contribution < -0.4 is 9.47 Å². The van der Waals surface area contributed by atoms with E-state index in [1.54, 1.807) is 43.3 Å². The number of rotatable bonds is 7. The van der Waals surface area contributed by atoms with Crippen molar-refractivity contribution in [2.24, 2.45) is 0 Å². The molecule has 3 aromatic rings. The highest BCUT2D eigenvalue weighted by Gasteiger charge is 2.23. The van der Waals surface area contributed by atoms with E-state index < -0.39 is 12.7 Å². The van der Waals surface area contributed by atoms with Crippen molar-refractivity contribution in [2.75, 3.05) is 0 Å². The van der Waals surface area contributed by atoms with E-state index in [0.29, 0.717) is 27.1 Å². The van der Waals surface area contributed by atoms with E-state index in [1.165, 1.54) is 12.1 Å². The minimum Gasteiger partial charge on any atom is -0.481 e. The van der Waals surface area contributed by atoms with Crippen LogP contribution in [0.15, 0.2) is 48.5 Å². The Labute approximate surface area is 182 Å². The number of aromatic nitrogens is 1. The molecule has 4 nitrogen and oxygen atoms in total. The van der Waals surface area contributed by atoms with E-state index in [0.717, 1.165) is 11.4 Å². The van der Waals surface area contributed by atoms with Crippen LogP contribution in [0.5, 0.6) is 11.5 Å². The second-order valence-electron chi connectivity index (χ2n) is 6.69. The third-order valence-corrected chi connectivity index (χ3v) is 5.13. The lowest BCUT2D eigenvalue weighted by atomic mass is 10.1. The summed E-state index contributed by atoms with van der Waals surface area (Å²) in [5.74, 6) is 0.171. The van der Waals surface area contributed by atoms with Gasteiger partial charge in [0.05, 0.1) is 5.02 Å². The molecule has 8 heteroatoms. The first kappa shape index (κ1) is 22.1. The number of hydrogen-bond donors (Lipinski definition) is 0. The number of aryl methyl sites for hydroxylation is 1. The number of carbonyl (C=O) groups is 1. The molecule has 2 aromatic carbocycles. The number of hydrogen-bond acceptors (Lipinski definition) is 3. The van der Waals surface area contributed by atoms with Gasteiger partial charge in [0.15, 0.2) is 6.10 Å². The van der Waals surface area contributed by atoms with E-state index in [-0.39, 0.29) is 11.5 Å². The summed E-state index contributed by atoms with van der Waals surface area (Å²) in [5, 5.41) is 0.808. The molecule has 0 N–H and O–H groups in total. The fraction of sp³-hybridized carbons (Fsp3) is 0.227. The van der Waals surface area contributed by atoms with Crippen LogP contribution in [0.25, 0.3) is 5.69 Å². The van der Waals surface area contributed by atoms with Crippen molar-refractivity contribution < 1.29 is 23.0 Å². The van der Waals surface area contributed by atoms with Crippen molar-refractivity contribution in [3.05, 3.63) is 75.5 Å². The molecule has 0 fully saturated rings. The van der Waals surface area contributed by atoms with Crippen LogP contribution in [0.4, 0.5) is 8.78 Å². The smallest absolute Gasteiger partial charge is 0.387 e. The minimum absolute atomic E-state index is 0.0629. The highest BCUT2D eigenvalue weighted by atomic mass is 35.5. The maximum Gasteiger partial charge on any atom is 0.387 e. The summed E-state index contributed by atoms with van der Waals surface area (Å²) in [7, 11) is 0. The van der Waals surface area contributed by atoms with Gasteiger partial charge in [-0.1, -0.05) is 23.2 Å². The second-order valence-corrected chi connectivity index (χ2v) is 7.54. The first-order chi connectivity index (χ1) is 14.2. The molecule has 1 heterocycles. The van der Waals surface area contributed by atoms with Gasteiger partial charge in [-0.2, -0.15) is 8.78 Å². The van der Waals surface area contributed by atoms with Gasteiger partial charge in [0.2, 0.25) is 5.78 Å². The summed E-state index contributed by atoms with van der Waals surface area (Å²) in [6, 6.07) is 12.8.